The van der Waals surface area contributed by atoms with Gasteiger partial charge in [-0.05, 0) is 51.5 Å². The second-order valence-corrected chi connectivity index (χ2v) is 5.45. The predicted molar refractivity (Wildman–Crippen MR) is 82.1 cm³/mol. The summed E-state index contributed by atoms with van der Waals surface area (Å²) >= 11 is 0. The van der Waals surface area contributed by atoms with Crippen molar-refractivity contribution < 1.29 is 4.74 Å². The Bertz CT molecular complexity index is 374. The third-order valence-corrected chi connectivity index (χ3v) is 3.84. The highest BCUT2D eigenvalue weighted by molar-refractivity contribution is 5.21. The highest BCUT2D eigenvalue weighted by Gasteiger charge is 2.10. The predicted octanol–water partition coefficient (Wildman–Crippen LogP) is 2.62. The van der Waals surface area contributed by atoms with Crippen LogP contribution in [0.3, 0.4) is 0 Å². The summed E-state index contributed by atoms with van der Waals surface area (Å²) in [5.74, 6) is 0.870. The molecule has 1 saturated heterocycles. The second kappa shape index (κ2) is 8.22. The van der Waals surface area contributed by atoms with Crippen LogP contribution in [-0.4, -0.2) is 42.7 Å². The van der Waals surface area contributed by atoms with Gasteiger partial charge in [-0.1, -0.05) is 13.3 Å². The molecule has 0 radical (unpaired) electrons. The van der Waals surface area contributed by atoms with Crippen LogP contribution in [0.5, 0.6) is 5.75 Å². The first-order valence-electron chi connectivity index (χ1n) is 7.84. The molecule has 112 valence electrons. The van der Waals surface area contributed by atoms with Crippen LogP contribution in [-0.2, 0) is 0 Å². The van der Waals surface area contributed by atoms with Crippen LogP contribution in [0.25, 0.3) is 0 Å². The van der Waals surface area contributed by atoms with Gasteiger partial charge in [0.2, 0.25) is 0 Å². The fourth-order valence-corrected chi connectivity index (χ4v) is 2.62. The lowest BCUT2D eigenvalue weighted by Gasteiger charge is -2.26. The van der Waals surface area contributed by atoms with Gasteiger partial charge >= 0.3 is 0 Å². The zero-order chi connectivity index (χ0) is 14.2. The van der Waals surface area contributed by atoms with Gasteiger partial charge in [-0.25, -0.2) is 0 Å². The fourth-order valence-electron chi connectivity index (χ4n) is 2.62. The Balaban J connectivity index is 1.73. The molecular weight excluding hydrogens is 250 g/mol. The van der Waals surface area contributed by atoms with Crippen LogP contribution in [0, 0.1) is 0 Å². The normalized spacial score (nSPS) is 17.9. The average molecular weight is 277 g/mol. The maximum Gasteiger partial charge on any atom is 0.137 e. The van der Waals surface area contributed by atoms with Crippen molar-refractivity contribution in [2.45, 2.75) is 39.2 Å². The van der Waals surface area contributed by atoms with Gasteiger partial charge in [-0.3, -0.25) is 9.88 Å². The molecule has 4 nitrogen and oxygen atoms in total. The Morgan fingerprint density at radius 1 is 1.30 bits per heavy atom. The Hall–Kier alpha value is -1.13. The van der Waals surface area contributed by atoms with Crippen LogP contribution >= 0.6 is 0 Å². The summed E-state index contributed by atoms with van der Waals surface area (Å²) in [6.07, 6.45) is 5.88. The van der Waals surface area contributed by atoms with Crippen molar-refractivity contribution in [3.63, 3.8) is 0 Å². The van der Waals surface area contributed by atoms with Crippen molar-refractivity contribution in [3.05, 3.63) is 24.0 Å². The van der Waals surface area contributed by atoms with Gasteiger partial charge in [0.25, 0.3) is 0 Å². The minimum Gasteiger partial charge on any atom is -0.491 e. The van der Waals surface area contributed by atoms with E-state index in [9.17, 15) is 0 Å². The highest BCUT2D eigenvalue weighted by atomic mass is 16.5. The summed E-state index contributed by atoms with van der Waals surface area (Å²) in [5, 5.41) is 3.36. The van der Waals surface area contributed by atoms with Crippen molar-refractivity contribution in [1.82, 2.24) is 15.2 Å². The smallest absolute Gasteiger partial charge is 0.137 e. The number of pyridine rings is 1. The first kappa shape index (κ1) is 15.3. The van der Waals surface area contributed by atoms with Crippen LogP contribution in [0.15, 0.2) is 18.3 Å². The first-order valence-corrected chi connectivity index (χ1v) is 7.84. The molecule has 1 unspecified atom stereocenters. The summed E-state index contributed by atoms with van der Waals surface area (Å²) in [6.45, 7) is 9.41. The van der Waals surface area contributed by atoms with E-state index in [-0.39, 0.29) is 0 Å². The van der Waals surface area contributed by atoms with Gasteiger partial charge in [0.05, 0.1) is 11.9 Å². The number of ether oxygens (including phenoxy) is 1. The van der Waals surface area contributed by atoms with E-state index in [1.165, 1.54) is 32.4 Å². The van der Waals surface area contributed by atoms with E-state index in [1.54, 1.807) is 0 Å². The Morgan fingerprint density at radius 2 is 2.10 bits per heavy atom. The molecule has 4 heteroatoms. The largest absolute Gasteiger partial charge is 0.491 e. The van der Waals surface area contributed by atoms with Gasteiger partial charge in [-0.2, -0.15) is 0 Å². The average Bonchev–Trinajstić information content (AvgIpc) is 2.49. The second-order valence-electron chi connectivity index (χ2n) is 5.45. The number of likely N-dealkylation sites (tertiary alicyclic amines) is 1. The van der Waals surface area contributed by atoms with Crippen LogP contribution in [0.4, 0.5) is 0 Å². The van der Waals surface area contributed by atoms with Crippen LogP contribution in [0.2, 0.25) is 0 Å². The maximum absolute atomic E-state index is 5.78. The van der Waals surface area contributed by atoms with E-state index < -0.39 is 0 Å². The summed E-state index contributed by atoms with van der Waals surface area (Å²) in [4.78, 5) is 6.95. The first-order chi connectivity index (χ1) is 9.79. The Labute approximate surface area is 122 Å². The Kier molecular flexibility index (Phi) is 6.27. The minimum atomic E-state index is 0.294. The van der Waals surface area contributed by atoms with Crippen molar-refractivity contribution in [1.29, 1.82) is 0 Å². The zero-order valence-corrected chi connectivity index (χ0v) is 12.8. The highest BCUT2D eigenvalue weighted by Crippen LogP contribution is 2.14. The standard InChI is InChI=1S/C16H27N3O/c1-3-17-14(2)16-8-7-15(13-18-16)20-12-11-19-9-5-4-6-10-19/h7-8,13-14,17H,3-6,9-12H2,1-2H3. The third-order valence-electron chi connectivity index (χ3n) is 3.84. The van der Waals surface area contributed by atoms with E-state index in [4.69, 9.17) is 4.74 Å². The molecule has 0 saturated carbocycles. The van der Waals surface area contributed by atoms with E-state index in [0.717, 1.165) is 31.1 Å². The van der Waals surface area contributed by atoms with E-state index >= 15 is 0 Å². The molecule has 1 aliphatic heterocycles. The molecule has 0 bridgehead atoms. The molecule has 2 rings (SSSR count). The fraction of sp³-hybridized carbons (Fsp3) is 0.688. The minimum absolute atomic E-state index is 0.294. The molecule has 0 spiro atoms. The third kappa shape index (κ3) is 4.76. The molecule has 1 aromatic rings. The molecule has 1 aromatic heterocycles. The molecular formula is C16H27N3O. The van der Waals surface area contributed by atoms with Gasteiger partial charge in [0.1, 0.15) is 12.4 Å². The van der Waals surface area contributed by atoms with Crippen molar-refractivity contribution in [3.8, 4) is 5.75 Å². The number of rotatable bonds is 7. The van der Waals surface area contributed by atoms with Gasteiger partial charge < -0.3 is 10.1 Å². The van der Waals surface area contributed by atoms with Crippen molar-refractivity contribution in [2.24, 2.45) is 0 Å². The quantitative estimate of drug-likeness (QED) is 0.831. The summed E-state index contributed by atoms with van der Waals surface area (Å²) in [5.41, 5.74) is 1.07. The van der Waals surface area contributed by atoms with Gasteiger partial charge in [0.15, 0.2) is 0 Å². The summed E-state index contributed by atoms with van der Waals surface area (Å²) in [7, 11) is 0. The topological polar surface area (TPSA) is 37.4 Å². The molecule has 1 aliphatic rings. The monoisotopic (exact) mass is 277 g/mol. The molecule has 2 heterocycles. The maximum atomic E-state index is 5.78. The summed E-state index contributed by atoms with van der Waals surface area (Å²) in [6, 6.07) is 4.36. The van der Waals surface area contributed by atoms with E-state index in [2.05, 4.69) is 29.0 Å². The van der Waals surface area contributed by atoms with Crippen LogP contribution in [0.1, 0.15) is 44.8 Å². The van der Waals surface area contributed by atoms with E-state index in [0.29, 0.717) is 6.04 Å². The lowest BCUT2D eigenvalue weighted by molar-refractivity contribution is 0.183. The molecule has 20 heavy (non-hydrogen) atoms. The number of piperidine rings is 1. The molecule has 0 aromatic carbocycles. The summed E-state index contributed by atoms with van der Waals surface area (Å²) < 4.78 is 5.78. The van der Waals surface area contributed by atoms with Gasteiger partial charge in [-0.15, -0.1) is 0 Å². The lowest BCUT2D eigenvalue weighted by atomic mass is 10.1. The number of hydrogen-bond acceptors (Lipinski definition) is 4. The van der Waals surface area contributed by atoms with Crippen molar-refractivity contribution >= 4 is 0 Å². The number of hydrogen-bond donors (Lipinski definition) is 1. The SMILES string of the molecule is CCNC(C)c1ccc(OCCN2CCCCC2)cn1. The number of nitrogens with one attached hydrogen (secondary N) is 1. The zero-order valence-electron chi connectivity index (χ0n) is 12.8. The molecule has 0 amide bonds. The Morgan fingerprint density at radius 3 is 2.75 bits per heavy atom. The molecule has 1 N–H and O–H groups in total. The number of aromatic nitrogens is 1. The van der Waals surface area contributed by atoms with Gasteiger partial charge in [0, 0.05) is 12.6 Å². The molecule has 0 aliphatic carbocycles. The van der Waals surface area contributed by atoms with Crippen LogP contribution < -0.4 is 10.1 Å². The number of nitrogens with zero attached hydrogens (tertiary/aromatic N) is 2. The van der Waals surface area contributed by atoms with Crippen molar-refractivity contribution in [2.75, 3.05) is 32.8 Å². The molecule has 1 atom stereocenters. The lowest BCUT2D eigenvalue weighted by Crippen LogP contribution is -2.33. The molecule has 1 fully saturated rings. The van der Waals surface area contributed by atoms with E-state index in [1.807, 2.05) is 18.3 Å².